The van der Waals surface area contributed by atoms with E-state index in [-0.39, 0.29) is 17.6 Å². The van der Waals surface area contributed by atoms with Gasteiger partial charge in [0.25, 0.3) is 5.91 Å². The Morgan fingerprint density at radius 2 is 2.10 bits per heavy atom. The van der Waals surface area contributed by atoms with Gasteiger partial charge in [-0.2, -0.15) is 0 Å². The van der Waals surface area contributed by atoms with Gasteiger partial charge in [-0.1, -0.05) is 6.07 Å². The molecule has 20 heavy (non-hydrogen) atoms. The largest absolute Gasteiger partial charge is 0.477 e. The van der Waals surface area contributed by atoms with E-state index < -0.39 is 5.97 Å². The third-order valence-corrected chi connectivity index (χ3v) is 4.25. The molecule has 0 saturated carbocycles. The molecule has 0 saturated heterocycles. The number of carbonyl (C=O) groups excluding carboxylic acids is 1. The maximum absolute atomic E-state index is 12.3. The number of hydrogen-bond acceptors (Lipinski definition) is 3. The molecule has 2 aromatic rings. The molecule has 6 heteroatoms. The van der Waals surface area contributed by atoms with Crippen LogP contribution >= 0.6 is 11.3 Å². The van der Waals surface area contributed by atoms with Gasteiger partial charge in [-0.25, -0.2) is 4.79 Å². The van der Waals surface area contributed by atoms with Crippen LogP contribution in [0.3, 0.4) is 0 Å². The molecule has 0 aromatic carbocycles. The van der Waals surface area contributed by atoms with E-state index in [0.717, 1.165) is 4.88 Å². The first-order valence-corrected chi connectivity index (χ1v) is 7.06. The molecule has 0 spiro atoms. The molecule has 1 atom stereocenters. The predicted octanol–water partition coefficient (Wildman–Crippen LogP) is 2.88. The summed E-state index contributed by atoms with van der Waals surface area (Å²) in [6.07, 6.45) is 0. The van der Waals surface area contributed by atoms with Gasteiger partial charge in [-0.3, -0.25) is 4.79 Å². The van der Waals surface area contributed by atoms with E-state index in [0.29, 0.717) is 16.8 Å². The molecule has 0 aliphatic heterocycles. The van der Waals surface area contributed by atoms with Crippen molar-refractivity contribution in [2.24, 2.45) is 0 Å². The van der Waals surface area contributed by atoms with Crippen LogP contribution in [0.15, 0.2) is 17.5 Å². The van der Waals surface area contributed by atoms with E-state index in [1.807, 2.05) is 24.4 Å². The van der Waals surface area contributed by atoms with E-state index in [1.165, 1.54) is 0 Å². The van der Waals surface area contributed by atoms with Gasteiger partial charge in [0.15, 0.2) is 0 Å². The molecular formula is C14H16N2O3S. The lowest BCUT2D eigenvalue weighted by Gasteiger charge is -2.12. The summed E-state index contributed by atoms with van der Waals surface area (Å²) >= 11 is 1.57. The Kier molecular flexibility index (Phi) is 3.94. The molecule has 5 nitrogen and oxygen atoms in total. The second kappa shape index (κ2) is 5.50. The zero-order valence-corrected chi connectivity index (χ0v) is 12.3. The SMILES string of the molecule is Cc1[nH]c(C(=O)O)c(C)c1C(=O)NC(C)c1cccs1. The second-order valence-electron chi connectivity index (χ2n) is 4.64. The number of carboxylic acids is 1. The van der Waals surface area contributed by atoms with Crippen molar-refractivity contribution < 1.29 is 14.7 Å². The number of nitrogens with one attached hydrogen (secondary N) is 2. The van der Waals surface area contributed by atoms with Gasteiger partial charge < -0.3 is 15.4 Å². The third kappa shape index (κ3) is 2.60. The van der Waals surface area contributed by atoms with E-state index in [9.17, 15) is 9.59 Å². The molecule has 2 heterocycles. The molecule has 1 unspecified atom stereocenters. The number of thiophene rings is 1. The number of amides is 1. The van der Waals surface area contributed by atoms with Gasteiger partial charge in [0.05, 0.1) is 11.6 Å². The van der Waals surface area contributed by atoms with Crippen molar-refractivity contribution in [2.45, 2.75) is 26.8 Å². The number of carboxylic acid groups (broad SMARTS) is 1. The van der Waals surface area contributed by atoms with Gasteiger partial charge in [0.1, 0.15) is 5.69 Å². The minimum absolute atomic E-state index is 0.0661. The summed E-state index contributed by atoms with van der Waals surface area (Å²) in [5.74, 6) is -1.32. The van der Waals surface area contributed by atoms with Crippen LogP contribution in [0.1, 0.15) is 49.9 Å². The molecule has 1 amide bonds. The fourth-order valence-electron chi connectivity index (χ4n) is 2.18. The number of aromatic nitrogens is 1. The van der Waals surface area contributed by atoms with Crippen LogP contribution in [0.2, 0.25) is 0 Å². The zero-order chi connectivity index (χ0) is 14.9. The Balaban J connectivity index is 2.24. The van der Waals surface area contributed by atoms with Crippen molar-refractivity contribution in [3.05, 3.63) is 44.9 Å². The topological polar surface area (TPSA) is 82.2 Å². The van der Waals surface area contributed by atoms with Crippen LogP contribution in [0.4, 0.5) is 0 Å². The first-order valence-electron chi connectivity index (χ1n) is 6.18. The highest BCUT2D eigenvalue weighted by molar-refractivity contribution is 7.10. The van der Waals surface area contributed by atoms with E-state index in [2.05, 4.69) is 10.3 Å². The fourth-order valence-corrected chi connectivity index (χ4v) is 2.92. The first-order chi connectivity index (χ1) is 9.41. The molecular weight excluding hydrogens is 276 g/mol. The fraction of sp³-hybridized carbons (Fsp3) is 0.286. The standard InChI is InChI=1S/C14H16N2O3S/c1-7-11(9(3)15-12(7)14(18)19)13(17)16-8(2)10-5-4-6-20-10/h4-6,8,15H,1-3H3,(H,16,17)(H,18,19). The van der Waals surface area contributed by atoms with Gasteiger partial charge in [0.2, 0.25) is 0 Å². The van der Waals surface area contributed by atoms with Gasteiger partial charge in [-0.05, 0) is 37.8 Å². The Bertz CT molecular complexity index is 644. The van der Waals surface area contributed by atoms with Crippen molar-refractivity contribution in [3.63, 3.8) is 0 Å². The molecule has 0 aliphatic rings. The molecule has 0 radical (unpaired) electrons. The number of carbonyl (C=O) groups is 2. The van der Waals surface area contributed by atoms with Crippen molar-refractivity contribution in [1.82, 2.24) is 10.3 Å². The maximum atomic E-state index is 12.3. The summed E-state index contributed by atoms with van der Waals surface area (Å²) in [4.78, 5) is 27.2. The third-order valence-electron chi connectivity index (χ3n) is 3.20. The van der Waals surface area contributed by atoms with Crippen molar-refractivity contribution in [2.75, 3.05) is 0 Å². The molecule has 3 N–H and O–H groups in total. The average Bonchev–Trinajstić information content (AvgIpc) is 2.97. The molecule has 106 valence electrons. The minimum Gasteiger partial charge on any atom is -0.477 e. The predicted molar refractivity (Wildman–Crippen MR) is 77.4 cm³/mol. The van der Waals surface area contributed by atoms with Gasteiger partial charge in [0, 0.05) is 10.6 Å². The lowest BCUT2D eigenvalue weighted by molar-refractivity contribution is 0.0690. The number of H-pyrrole nitrogens is 1. The van der Waals surface area contributed by atoms with Crippen LogP contribution < -0.4 is 5.32 Å². The Hall–Kier alpha value is -2.08. The highest BCUT2D eigenvalue weighted by atomic mass is 32.1. The molecule has 0 aliphatic carbocycles. The molecule has 0 fully saturated rings. The minimum atomic E-state index is -1.06. The highest BCUT2D eigenvalue weighted by Crippen LogP contribution is 2.21. The van der Waals surface area contributed by atoms with Gasteiger partial charge in [-0.15, -0.1) is 11.3 Å². The van der Waals surface area contributed by atoms with Crippen LogP contribution in [-0.2, 0) is 0 Å². The number of aromatic carboxylic acids is 1. The second-order valence-corrected chi connectivity index (χ2v) is 5.62. The summed E-state index contributed by atoms with van der Waals surface area (Å²) in [7, 11) is 0. The van der Waals surface area contributed by atoms with E-state index >= 15 is 0 Å². The van der Waals surface area contributed by atoms with Crippen LogP contribution in [0.25, 0.3) is 0 Å². The van der Waals surface area contributed by atoms with Gasteiger partial charge >= 0.3 is 5.97 Å². The Morgan fingerprint density at radius 3 is 2.60 bits per heavy atom. The maximum Gasteiger partial charge on any atom is 0.352 e. The summed E-state index contributed by atoms with van der Waals surface area (Å²) in [6, 6.07) is 3.78. The summed E-state index contributed by atoms with van der Waals surface area (Å²) < 4.78 is 0. The zero-order valence-electron chi connectivity index (χ0n) is 11.5. The average molecular weight is 292 g/mol. The monoisotopic (exact) mass is 292 g/mol. The number of aromatic amines is 1. The van der Waals surface area contributed by atoms with E-state index in [4.69, 9.17) is 5.11 Å². The molecule has 0 bridgehead atoms. The lowest BCUT2D eigenvalue weighted by atomic mass is 10.1. The molecule has 2 rings (SSSR count). The van der Waals surface area contributed by atoms with Crippen LogP contribution in [0.5, 0.6) is 0 Å². The quantitative estimate of drug-likeness (QED) is 0.810. The summed E-state index contributed by atoms with van der Waals surface area (Å²) in [5, 5.41) is 13.9. The number of aryl methyl sites for hydroxylation is 1. The summed E-state index contributed by atoms with van der Waals surface area (Å²) in [5.41, 5.74) is 1.50. The van der Waals surface area contributed by atoms with Crippen LogP contribution in [0, 0.1) is 13.8 Å². The molecule has 2 aromatic heterocycles. The van der Waals surface area contributed by atoms with Crippen molar-refractivity contribution in [3.8, 4) is 0 Å². The van der Waals surface area contributed by atoms with Crippen molar-refractivity contribution in [1.29, 1.82) is 0 Å². The summed E-state index contributed by atoms with van der Waals surface area (Å²) in [6.45, 7) is 5.24. The van der Waals surface area contributed by atoms with Crippen LogP contribution in [-0.4, -0.2) is 22.0 Å². The Labute approximate surface area is 120 Å². The van der Waals surface area contributed by atoms with Crippen molar-refractivity contribution >= 4 is 23.2 Å². The number of hydrogen-bond donors (Lipinski definition) is 3. The first kappa shape index (κ1) is 14.3. The smallest absolute Gasteiger partial charge is 0.352 e. The van der Waals surface area contributed by atoms with E-state index in [1.54, 1.807) is 25.2 Å². The number of rotatable bonds is 4. The lowest BCUT2D eigenvalue weighted by Crippen LogP contribution is -2.27. The Morgan fingerprint density at radius 1 is 1.40 bits per heavy atom. The normalized spacial score (nSPS) is 12.2. The highest BCUT2D eigenvalue weighted by Gasteiger charge is 2.22.